The number of fused-ring (bicyclic) bond motifs is 5. The molecule has 0 aromatic heterocycles. The second kappa shape index (κ2) is 8.93. The molecular weight excluding hydrogens is 472 g/mol. The first-order valence-corrected chi connectivity index (χ1v) is 14.5. The van der Waals surface area contributed by atoms with Crippen LogP contribution in [0.4, 0.5) is 0 Å². The maximum atomic E-state index is 12.4. The molecule has 4 nitrogen and oxygen atoms in total. The van der Waals surface area contributed by atoms with Crippen molar-refractivity contribution in [2.24, 2.45) is 40.4 Å². The topological polar surface area (TPSA) is 44.8 Å². The average molecular weight is 513 g/mol. The van der Waals surface area contributed by atoms with E-state index in [0.29, 0.717) is 34.7 Å². The van der Waals surface area contributed by atoms with E-state index in [1.54, 1.807) is 0 Å². The van der Waals surface area contributed by atoms with Crippen molar-refractivity contribution in [3.8, 4) is 0 Å². The van der Waals surface area contributed by atoms with Gasteiger partial charge in [0.15, 0.2) is 0 Å². The Balaban J connectivity index is 1.12. The van der Waals surface area contributed by atoms with E-state index in [4.69, 9.17) is 26.1 Å². The van der Waals surface area contributed by atoms with Gasteiger partial charge in [-0.2, -0.15) is 0 Å². The van der Waals surface area contributed by atoms with Gasteiger partial charge in [0, 0.05) is 23.8 Å². The molecule has 0 bridgehead atoms. The molecule has 1 heterocycles. The molecule has 196 valence electrons. The molecule has 4 saturated carbocycles. The largest absolute Gasteiger partial charge is 0.344 e. The van der Waals surface area contributed by atoms with Crippen LogP contribution in [0.15, 0.2) is 30.8 Å². The van der Waals surface area contributed by atoms with Crippen LogP contribution in [0, 0.1) is 40.4 Å². The summed E-state index contributed by atoms with van der Waals surface area (Å²) in [6, 6.07) is 7.65. The molecule has 5 aliphatic rings. The fourth-order valence-corrected chi connectivity index (χ4v) is 9.63. The van der Waals surface area contributed by atoms with Gasteiger partial charge >= 0.3 is 0 Å². The minimum absolute atomic E-state index is 0.219. The summed E-state index contributed by atoms with van der Waals surface area (Å²) in [5, 5.41) is 0.705. The highest BCUT2D eigenvalue weighted by atomic mass is 35.5. The lowest BCUT2D eigenvalue weighted by Gasteiger charge is -2.62. The normalized spacial score (nSPS) is 46.0. The summed E-state index contributed by atoms with van der Waals surface area (Å²) >= 11 is 6.04. The third-order valence-corrected chi connectivity index (χ3v) is 11.8. The van der Waals surface area contributed by atoms with Crippen molar-refractivity contribution in [2.45, 2.75) is 90.4 Å². The van der Waals surface area contributed by atoms with Crippen LogP contribution in [0.3, 0.4) is 0 Å². The standard InChI is InChI=1S/C31H41ClO4/c1-19(21-5-8-23(32)9-6-21)28-18-34-31(36-35-28)16-15-29(3)22(17-31)7-10-24-26-12-11-25(20(2)33)30(26,4)14-13-27(24)29/h5-6,8-9,22,24-28H,1,7,10-18H2,2-4H3/t22?,24-,25+,26-,27-,28?,29-,30+,31?/m0/s1. The lowest BCUT2D eigenvalue weighted by Crippen LogP contribution is -2.58. The van der Waals surface area contributed by atoms with Gasteiger partial charge in [-0.25, -0.2) is 9.78 Å². The zero-order chi connectivity index (χ0) is 25.3. The van der Waals surface area contributed by atoms with Crippen LogP contribution >= 0.6 is 11.6 Å². The van der Waals surface area contributed by atoms with Crippen LogP contribution in [0.2, 0.25) is 5.02 Å². The monoisotopic (exact) mass is 512 g/mol. The van der Waals surface area contributed by atoms with E-state index in [0.717, 1.165) is 48.7 Å². The number of carbonyl (C=O) groups excluding carboxylic acids is 1. The number of ether oxygens (including phenoxy) is 1. The number of Topliss-reactive ketones (excluding diaryl/α,β-unsaturated/α-hetero) is 1. The highest BCUT2D eigenvalue weighted by Gasteiger charge is 2.62. The Kier molecular flexibility index (Phi) is 6.23. The number of hydrogen-bond donors (Lipinski definition) is 0. The van der Waals surface area contributed by atoms with Crippen LogP contribution in [0.1, 0.15) is 84.1 Å². The third kappa shape index (κ3) is 3.85. The summed E-state index contributed by atoms with van der Waals surface area (Å²) in [4.78, 5) is 24.5. The van der Waals surface area contributed by atoms with Gasteiger partial charge in [-0.1, -0.05) is 44.2 Å². The molecule has 3 unspecified atom stereocenters. The Hall–Kier alpha value is -1.20. The van der Waals surface area contributed by atoms with Crippen molar-refractivity contribution in [1.82, 2.24) is 0 Å². The SMILES string of the molecule is C=C(c1ccc(Cl)cc1)C1COC2(CC[C@@]3(C)C(CC[C@H]4[C@@H]5CC[C@H](C(C)=O)[C@@]5(C)CC[C@@H]43)C2)OO1. The van der Waals surface area contributed by atoms with Crippen LogP contribution in [0.5, 0.6) is 0 Å². The Bertz CT molecular complexity index is 1030. The molecule has 9 atom stereocenters. The molecule has 6 rings (SSSR count). The van der Waals surface area contributed by atoms with Crippen molar-refractivity contribution >= 4 is 23.0 Å². The van der Waals surface area contributed by atoms with Crippen molar-refractivity contribution in [2.75, 3.05) is 6.61 Å². The molecule has 0 N–H and O–H groups in total. The minimum Gasteiger partial charge on any atom is -0.344 e. The highest BCUT2D eigenvalue weighted by molar-refractivity contribution is 6.30. The molecule has 0 radical (unpaired) electrons. The quantitative estimate of drug-likeness (QED) is 0.390. The van der Waals surface area contributed by atoms with Crippen molar-refractivity contribution in [1.29, 1.82) is 0 Å². The average Bonchev–Trinajstić information content (AvgIpc) is 3.23. The number of halogens is 1. The third-order valence-electron chi connectivity index (χ3n) is 11.6. The van der Waals surface area contributed by atoms with Crippen LogP contribution in [-0.4, -0.2) is 24.3 Å². The summed E-state index contributed by atoms with van der Waals surface area (Å²) in [7, 11) is 0. The molecule has 4 aliphatic carbocycles. The predicted octanol–water partition coefficient (Wildman–Crippen LogP) is 7.64. The molecule has 5 fully saturated rings. The van der Waals surface area contributed by atoms with Gasteiger partial charge in [-0.3, -0.25) is 4.79 Å². The van der Waals surface area contributed by atoms with Crippen LogP contribution in [-0.2, 0) is 19.3 Å². The molecule has 1 aromatic rings. The van der Waals surface area contributed by atoms with Gasteiger partial charge in [0.1, 0.15) is 11.9 Å². The van der Waals surface area contributed by atoms with Crippen LogP contribution in [0.25, 0.3) is 5.57 Å². The summed E-state index contributed by atoms with van der Waals surface area (Å²) in [5.74, 6) is 2.87. The van der Waals surface area contributed by atoms with Gasteiger partial charge in [0.25, 0.3) is 0 Å². The van der Waals surface area contributed by atoms with Crippen molar-refractivity contribution < 1.29 is 19.3 Å². The molecular formula is C31H41ClO4. The van der Waals surface area contributed by atoms with Gasteiger partial charge in [-0.05, 0) is 110 Å². The zero-order valence-corrected chi connectivity index (χ0v) is 22.8. The van der Waals surface area contributed by atoms with Gasteiger partial charge in [0.05, 0.1) is 6.61 Å². The molecule has 1 aliphatic heterocycles. The van der Waals surface area contributed by atoms with Crippen molar-refractivity contribution in [3.05, 3.63) is 41.4 Å². The maximum absolute atomic E-state index is 12.4. The number of hydrogen-bond acceptors (Lipinski definition) is 4. The zero-order valence-electron chi connectivity index (χ0n) is 22.1. The maximum Gasteiger partial charge on any atom is 0.202 e. The van der Waals surface area contributed by atoms with E-state index in [1.807, 2.05) is 31.2 Å². The number of benzene rings is 1. The lowest BCUT2D eigenvalue weighted by atomic mass is 9.44. The summed E-state index contributed by atoms with van der Waals surface area (Å²) < 4.78 is 6.47. The smallest absolute Gasteiger partial charge is 0.202 e. The van der Waals surface area contributed by atoms with Gasteiger partial charge < -0.3 is 4.74 Å². The Morgan fingerprint density at radius 3 is 2.42 bits per heavy atom. The second-order valence-electron chi connectivity index (χ2n) is 13.1. The fourth-order valence-electron chi connectivity index (χ4n) is 9.51. The lowest BCUT2D eigenvalue weighted by molar-refractivity contribution is -0.489. The molecule has 1 spiro atoms. The number of carbonyl (C=O) groups is 1. The summed E-state index contributed by atoms with van der Waals surface area (Å²) in [6.07, 6.45) is 9.91. The summed E-state index contributed by atoms with van der Waals surface area (Å²) in [6.45, 7) is 11.5. The molecule has 5 heteroatoms. The fraction of sp³-hybridized carbons (Fsp3) is 0.710. The Morgan fingerprint density at radius 1 is 0.972 bits per heavy atom. The minimum atomic E-state index is -0.635. The molecule has 0 amide bonds. The van der Waals surface area contributed by atoms with E-state index in [-0.39, 0.29) is 17.4 Å². The van der Waals surface area contributed by atoms with E-state index in [2.05, 4.69) is 20.4 Å². The van der Waals surface area contributed by atoms with E-state index < -0.39 is 5.79 Å². The first-order chi connectivity index (χ1) is 17.2. The van der Waals surface area contributed by atoms with Crippen molar-refractivity contribution in [3.63, 3.8) is 0 Å². The van der Waals surface area contributed by atoms with E-state index in [9.17, 15) is 4.79 Å². The van der Waals surface area contributed by atoms with E-state index >= 15 is 0 Å². The molecule has 1 aromatic carbocycles. The van der Waals surface area contributed by atoms with Gasteiger partial charge in [0.2, 0.25) is 5.79 Å². The second-order valence-corrected chi connectivity index (χ2v) is 13.5. The Morgan fingerprint density at radius 2 is 1.72 bits per heavy atom. The predicted molar refractivity (Wildman–Crippen MR) is 141 cm³/mol. The summed E-state index contributed by atoms with van der Waals surface area (Å²) in [5.41, 5.74) is 2.38. The first kappa shape index (κ1) is 25.1. The molecule has 1 saturated heterocycles. The highest BCUT2D eigenvalue weighted by Crippen LogP contribution is 2.68. The van der Waals surface area contributed by atoms with Crippen LogP contribution < -0.4 is 0 Å². The molecule has 36 heavy (non-hydrogen) atoms. The Labute approximate surface area is 221 Å². The van der Waals surface area contributed by atoms with Gasteiger partial charge in [-0.15, -0.1) is 0 Å². The van der Waals surface area contributed by atoms with E-state index in [1.165, 1.54) is 32.1 Å². The first-order valence-electron chi connectivity index (χ1n) is 14.1. The number of ketones is 1. The number of rotatable bonds is 3.